The summed E-state index contributed by atoms with van der Waals surface area (Å²) < 4.78 is 39.1. The Balaban J connectivity index is 1.94. The molecule has 12 heteroatoms. The van der Waals surface area contributed by atoms with Crippen molar-refractivity contribution >= 4 is 55.1 Å². The van der Waals surface area contributed by atoms with E-state index in [0.29, 0.717) is 15.0 Å². The second-order valence-corrected chi connectivity index (χ2v) is 7.35. The van der Waals surface area contributed by atoms with Crippen LogP contribution in [0.2, 0.25) is 0 Å². The van der Waals surface area contributed by atoms with Crippen molar-refractivity contribution in [2.45, 2.75) is 15.7 Å². The van der Waals surface area contributed by atoms with E-state index in [2.05, 4.69) is 30.9 Å². The molecule has 0 aliphatic heterocycles. The molecule has 2 aromatic heterocycles. The van der Waals surface area contributed by atoms with E-state index in [1.807, 2.05) is 0 Å². The fourth-order valence-corrected chi connectivity index (χ4v) is 3.99. The van der Waals surface area contributed by atoms with Crippen LogP contribution in [-0.2, 0) is 6.18 Å². The van der Waals surface area contributed by atoms with E-state index >= 15 is 0 Å². The number of aromatic nitrogens is 3. The third kappa shape index (κ3) is 3.45. The molecule has 1 aromatic carbocycles. The number of H-pyrrole nitrogens is 1. The number of aromatic amines is 1. The van der Waals surface area contributed by atoms with E-state index < -0.39 is 11.7 Å². The van der Waals surface area contributed by atoms with E-state index in [1.165, 1.54) is 6.20 Å². The molecule has 0 amide bonds. The molecule has 0 aliphatic rings. The molecule has 2 heterocycles. The lowest BCUT2D eigenvalue weighted by Crippen LogP contribution is -2.08. The Bertz CT molecular complexity index is 865. The van der Waals surface area contributed by atoms with Crippen molar-refractivity contribution in [3.05, 3.63) is 28.4 Å². The summed E-state index contributed by atoms with van der Waals surface area (Å²) in [7, 11) is 0. The molecule has 0 radical (unpaired) electrons. The molecular formula is C11H6BrF3N4O2S2. The molecule has 0 unspecified atom stereocenters. The molecule has 0 fully saturated rings. The zero-order chi connectivity index (χ0) is 16.8. The Kier molecular flexibility index (Phi) is 4.27. The summed E-state index contributed by atoms with van der Waals surface area (Å²) in [6.45, 7) is 0. The first-order chi connectivity index (χ1) is 10.7. The summed E-state index contributed by atoms with van der Waals surface area (Å²) in [5.74, 6) is 0. The van der Waals surface area contributed by atoms with Gasteiger partial charge >= 0.3 is 6.18 Å². The number of thiazole rings is 1. The highest BCUT2D eigenvalue weighted by Gasteiger charge is 2.31. The van der Waals surface area contributed by atoms with Crippen LogP contribution in [0.3, 0.4) is 0 Å². The van der Waals surface area contributed by atoms with Gasteiger partial charge in [-0.15, -0.1) is 5.23 Å². The highest BCUT2D eigenvalue weighted by Crippen LogP contribution is 2.37. The standard InChI is InChI=1S/C11H6BrF3N4O2S2/c12-5-1-4(11(13,14)15)2-6-8(5)18-9(17-6)23-10-16-3-7(22-10)19(20)21/h1-3,20-21H,(H,17,18). The fraction of sp³-hybridized carbons (Fsp3) is 0.0909. The van der Waals surface area contributed by atoms with Crippen LogP contribution in [-0.4, -0.2) is 25.4 Å². The number of nitrogens with one attached hydrogen (secondary N) is 1. The molecule has 122 valence electrons. The van der Waals surface area contributed by atoms with Crippen molar-refractivity contribution in [1.29, 1.82) is 0 Å². The van der Waals surface area contributed by atoms with Gasteiger partial charge in [0, 0.05) is 4.47 Å². The van der Waals surface area contributed by atoms with E-state index in [-0.39, 0.29) is 20.2 Å². The average molecular weight is 427 g/mol. The number of hydrogen-bond acceptors (Lipinski definition) is 7. The molecule has 0 spiro atoms. The Labute approximate surface area is 143 Å². The molecule has 0 aliphatic carbocycles. The zero-order valence-corrected chi connectivity index (χ0v) is 14.0. The van der Waals surface area contributed by atoms with Crippen LogP contribution in [0, 0.1) is 0 Å². The summed E-state index contributed by atoms with van der Waals surface area (Å²) in [4.78, 5) is 10.9. The average Bonchev–Trinajstić information content (AvgIpc) is 3.04. The smallest absolute Gasteiger partial charge is 0.332 e. The van der Waals surface area contributed by atoms with E-state index in [4.69, 9.17) is 10.4 Å². The van der Waals surface area contributed by atoms with Gasteiger partial charge in [-0.05, 0) is 39.8 Å². The lowest BCUT2D eigenvalue weighted by Gasteiger charge is -2.06. The van der Waals surface area contributed by atoms with Crippen LogP contribution in [0.15, 0.2) is 32.3 Å². The lowest BCUT2D eigenvalue weighted by atomic mass is 10.2. The fourth-order valence-electron chi connectivity index (χ4n) is 1.74. The van der Waals surface area contributed by atoms with Crippen molar-refractivity contribution in [3.8, 4) is 0 Å². The van der Waals surface area contributed by atoms with Gasteiger partial charge in [-0.2, -0.15) is 13.2 Å². The first kappa shape index (κ1) is 16.5. The van der Waals surface area contributed by atoms with Gasteiger partial charge in [-0.3, -0.25) is 10.4 Å². The van der Waals surface area contributed by atoms with Gasteiger partial charge < -0.3 is 4.98 Å². The van der Waals surface area contributed by atoms with Crippen LogP contribution in [0.5, 0.6) is 0 Å². The van der Waals surface area contributed by atoms with Gasteiger partial charge in [-0.25, -0.2) is 9.97 Å². The summed E-state index contributed by atoms with van der Waals surface area (Å²) in [5, 5.41) is 18.1. The maximum absolute atomic E-state index is 12.8. The Morgan fingerprint density at radius 3 is 2.65 bits per heavy atom. The minimum atomic E-state index is -4.45. The maximum Gasteiger partial charge on any atom is 0.416 e. The van der Waals surface area contributed by atoms with Crippen molar-refractivity contribution in [1.82, 2.24) is 15.0 Å². The van der Waals surface area contributed by atoms with E-state index in [1.54, 1.807) is 0 Å². The number of fused-ring (bicyclic) bond motifs is 1. The monoisotopic (exact) mass is 426 g/mol. The molecule has 23 heavy (non-hydrogen) atoms. The number of anilines is 1. The summed E-state index contributed by atoms with van der Waals surface area (Å²) in [5.41, 5.74) is -0.190. The molecule has 3 N–H and O–H groups in total. The number of hydrogen-bond donors (Lipinski definition) is 3. The first-order valence-electron chi connectivity index (χ1n) is 5.82. The third-order valence-corrected chi connectivity index (χ3v) is 5.23. The highest BCUT2D eigenvalue weighted by molar-refractivity contribution is 9.10. The topological polar surface area (TPSA) is 85.3 Å². The van der Waals surface area contributed by atoms with E-state index in [0.717, 1.165) is 35.2 Å². The van der Waals surface area contributed by atoms with Crippen LogP contribution >= 0.6 is 39.0 Å². The zero-order valence-electron chi connectivity index (χ0n) is 10.8. The largest absolute Gasteiger partial charge is 0.416 e. The number of alkyl halides is 3. The number of nitrogens with zero attached hydrogens (tertiary/aromatic N) is 3. The number of benzene rings is 1. The number of imidazole rings is 1. The highest BCUT2D eigenvalue weighted by atomic mass is 79.9. The Morgan fingerprint density at radius 2 is 2.04 bits per heavy atom. The third-order valence-electron chi connectivity index (χ3n) is 2.70. The number of halogens is 4. The van der Waals surface area contributed by atoms with Gasteiger partial charge in [0.1, 0.15) is 5.52 Å². The van der Waals surface area contributed by atoms with Crippen molar-refractivity contribution in [3.63, 3.8) is 0 Å². The Hall–Kier alpha value is -1.34. The van der Waals surface area contributed by atoms with Gasteiger partial charge in [0.05, 0.1) is 17.3 Å². The van der Waals surface area contributed by atoms with Crippen LogP contribution in [0.1, 0.15) is 5.56 Å². The molecular weight excluding hydrogens is 421 g/mol. The SMILES string of the molecule is ON(O)c1cnc(Sc2nc3c(Br)cc(C(F)(F)F)cc3[nH]2)s1. The quantitative estimate of drug-likeness (QED) is 0.533. The van der Waals surface area contributed by atoms with Crippen molar-refractivity contribution in [2.24, 2.45) is 0 Å². The van der Waals surface area contributed by atoms with Gasteiger partial charge in [0.15, 0.2) is 14.5 Å². The van der Waals surface area contributed by atoms with Gasteiger partial charge in [0.2, 0.25) is 0 Å². The molecule has 3 aromatic rings. The second kappa shape index (κ2) is 5.94. The summed E-state index contributed by atoms with van der Waals surface area (Å²) >= 11 is 5.13. The van der Waals surface area contributed by atoms with Crippen molar-refractivity contribution < 1.29 is 23.6 Å². The molecule has 0 atom stereocenters. The first-order valence-corrected chi connectivity index (χ1v) is 8.24. The minimum absolute atomic E-state index is 0.0629. The van der Waals surface area contributed by atoms with Crippen LogP contribution in [0.4, 0.5) is 18.2 Å². The van der Waals surface area contributed by atoms with Crippen LogP contribution in [0.25, 0.3) is 11.0 Å². The summed E-state index contributed by atoms with van der Waals surface area (Å²) in [6.07, 6.45) is -3.21. The number of rotatable bonds is 3. The second-order valence-electron chi connectivity index (χ2n) is 4.25. The lowest BCUT2D eigenvalue weighted by molar-refractivity contribution is -0.137. The Morgan fingerprint density at radius 1 is 1.30 bits per heavy atom. The van der Waals surface area contributed by atoms with Gasteiger partial charge in [0.25, 0.3) is 0 Å². The minimum Gasteiger partial charge on any atom is -0.332 e. The molecule has 3 rings (SSSR count). The maximum atomic E-state index is 12.8. The molecule has 0 saturated carbocycles. The molecule has 0 saturated heterocycles. The van der Waals surface area contributed by atoms with Gasteiger partial charge in [-0.1, -0.05) is 11.3 Å². The summed E-state index contributed by atoms with van der Waals surface area (Å²) in [6, 6.07) is 1.95. The molecule has 0 bridgehead atoms. The van der Waals surface area contributed by atoms with E-state index in [9.17, 15) is 13.2 Å². The molecule has 6 nitrogen and oxygen atoms in total. The van der Waals surface area contributed by atoms with Crippen LogP contribution < -0.4 is 5.23 Å². The predicted octanol–water partition coefficient (Wildman–Crippen LogP) is 4.54. The van der Waals surface area contributed by atoms with Crippen molar-refractivity contribution in [2.75, 3.05) is 5.23 Å². The normalized spacial score (nSPS) is 12.1. The predicted molar refractivity (Wildman–Crippen MR) is 81.1 cm³/mol.